The summed E-state index contributed by atoms with van der Waals surface area (Å²) in [5.41, 5.74) is 8.73. The molecule has 122 valence electrons. The van der Waals surface area contributed by atoms with Gasteiger partial charge in [0.2, 0.25) is 5.91 Å². The van der Waals surface area contributed by atoms with E-state index in [1.807, 2.05) is 23.1 Å². The Morgan fingerprint density at radius 1 is 1.27 bits per heavy atom. The van der Waals surface area contributed by atoms with E-state index in [1.165, 1.54) is 5.56 Å². The lowest BCUT2D eigenvalue weighted by atomic mass is 10.0. The standard InChI is InChI=1S/C17H28N2O2Si/c1-17(2,3)22(4,5)21-11-10-19-15-12-14(18)8-6-13(15)7-9-16(19)20/h6,8,12H,7,9-11,18H2,1-5H3. The minimum Gasteiger partial charge on any atom is -0.415 e. The van der Waals surface area contributed by atoms with Crippen LogP contribution in [0.2, 0.25) is 18.1 Å². The SMILES string of the molecule is CC(C)(C)[Si](C)(C)OCCN1C(=O)CCc2ccc(N)cc21. The van der Waals surface area contributed by atoms with Crippen LogP contribution in [0.25, 0.3) is 0 Å². The molecular formula is C17H28N2O2Si. The second-order valence-corrected chi connectivity index (χ2v) is 12.4. The van der Waals surface area contributed by atoms with Crippen molar-refractivity contribution in [3.8, 4) is 0 Å². The number of nitrogens with two attached hydrogens (primary N) is 1. The van der Waals surface area contributed by atoms with Gasteiger partial charge in [0.05, 0.1) is 6.61 Å². The molecule has 0 unspecified atom stereocenters. The molecule has 0 aliphatic carbocycles. The third-order valence-corrected chi connectivity index (χ3v) is 9.43. The van der Waals surface area contributed by atoms with Gasteiger partial charge in [-0.05, 0) is 42.2 Å². The molecule has 0 spiro atoms. The van der Waals surface area contributed by atoms with Gasteiger partial charge < -0.3 is 15.1 Å². The summed E-state index contributed by atoms with van der Waals surface area (Å²) in [6.07, 6.45) is 1.37. The number of fused-ring (bicyclic) bond motifs is 1. The van der Waals surface area contributed by atoms with Crippen LogP contribution < -0.4 is 10.6 Å². The van der Waals surface area contributed by atoms with Crippen molar-refractivity contribution >= 4 is 25.6 Å². The first-order chi connectivity index (χ1) is 10.1. The van der Waals surface area contributed by atoms with Crippen molar-refractivity contribution < 1.29 is 9.22 Å². The van der Waals surface area contributed by atoms with Crippen LogP contribution in [0.4, 0.5) is 11.4 Å². The highest BCUT2D eigenvalue weighted by atomic mass is 28.4. The number of benzene rings is 1. The maximum atomic E-state index is 12.3. The first-order valence-electron chi connectivity index (χ1n) is 7.94. The molecule has 0 fully saturated rings. The van der Waals surface area contributed by atoms with Gasteiger partial charge in [0, 0.05) is 24.3 Å². The molecule has 0 radical (unpaired) electrons. The van der Waals surface area contributed by atoms with Crippen LogP contribution in [0.5, 0.6) is 0 Å². The smallest absolute Gasteiger partial charge is 0.227 e. The molecule has 1 heterocycles. The summed E-state index contributed by atoms with van der Waals surface area (Å²) in [5.74, 6) is 0.164. The topological polar surface area (TPSA) is 55.6 Å². The molecule has 1 aliphatic rings. The fourth-order valence-corrected chi connectivity index (χ4v) is 3.44. The number of nitrogens with zero attached hydrogens (tertiary/aromatic N) is 1. The van der Waals surface area contributed by atoms with E-state index in [2.05, 4.69) is 33.9 Å². The zero-order valence-corrected chi connectivity index (χ0v) is 15.4. The molecule has 1 amide bonds. The van der Waals surface area contributed by atoms with Crippen LogP contribution in [0.3, 0.4) is 0 Å². The van der Waals surface area contributed by atoms with Crippen molar-refractivity contribution in [2.45, 2.75) is 51.7 Å². The maximum absolute atomic E-state index is 12.3. The van der Waals surface area contributed by atoms with E-state index in [0.717, 1.165) is 12.1 Å². The van der Waals surface area contributed by atoms with E-state index in [4.69, 9.17) is 10.2 Å². The molecule has 1 aromatic rings. The molecule has 0 atom stereocenters. The van der Waals surface area contributed by atoms with Crippen LogP contribution in [0.15, 0.2) is 18.2 Å². The van der Waals surface area contributed by atoms with Crippen molar-refractivity contribution in [3.05, 3.63) is 23.8 Å². The van der Waals surface area contributed by atoms with E-state index in [9.17, 15) is 4.79 Å². The second-order valence-electron chi connectivity index (χ2n) is 7.54. The Labute approximate surface area is 134 Å². The largest absolute Gasteiger partial charge is 0.415 e. The number of carbonyl (C=O) groups is 1. The molecule has 2 N–H and O–H groups in total. The molecule has 0 saturated carbocycles. The molecule has 1 aromatic carbocycles. The van der Waals surface area contributed by atoms with Gasteiger partial charge in [0.15, 0.2) is 8.32 Å². The quantitative estimate of drug-likeness (QED) is 0.681. The fourth-order valence-electron chi connectivity index (χ4n) is 2.41. The van der Waals surface area contributed by atoms with Gasteiger partial charge in [-0.2, -0.15) is 0 Å². The molecule has 4 nitrogen and oxygen atoms in total. The van der Waals surface area contributed by atoms with Crippen LogP contribution in [-0.4, -0.2) is 27.4 Å². The van der Waals surface area contributed by atoms with Gasteiger partial charge in [-0.3, -0.25) is 4.79 Å². The molecule has 0 saturated heterocycles. The monoisotopic (exact) mass is 320 g/mol. The van der Waals surface area contributed by atoms with E-state index < -0.39 is 8.32 Å². The summed E-state index contributed by atoms with van der Waals surface area (Å²) >= 11 is 0. The van der Waals surface area contributed by atoms with Crippen molar-refractivity contribution in [1.82, 2.24) is 0 Å². The number of aryl methyl sites for hydroxylation is 1. The molecule has 1 aliphatic heterocycles. The minimum absolute atomic E-state index is 0.164. The Balaban J connectivity index is 2.08. The van der Waals surface area contributed by atoms with Crippen LogP contribution in [0, 0.1) is 0 Å². The number of rotatable bonds is 4. The Bertz CT molecular complexity index is 564. The Morgan fingerprint density at radius 3 is 2.59 bits per heavy atom. The third-order valence-electron chi connectivity index (χ3n) is 4.89. The number of amides is 1. The van der Waals surface area contributed by atoms with Crippen molar-refractivity contribution in [2.75, 3.05) is 23.8 Å². The lowest BCUT2D eigenvalue weighted by Crippen LogP contribution is -2.44. The lowest BCUT2D eigenvalue weighted by molar-refractivity contribution is -0.119. The highest BCUT2D eigenvalue weighted by Gasteiger charge is 2.37. The van der Waals surface area contributed by atoms with Gasteiger partial charge in [0.1, 0.15) is 0 Å². The van der Waals surface area contributed by atoms with E-state index >= 15 is 0 Å². The third kappa shape index (κ3) is 3.52. The highest BCUT2D eigenvalue weighted by molar-refractivity contribution is 6.74. The Morgan fingerprint density at radius 2 is 1.95 bits per heavy atom. The Kier molecular flexibility index (Phi) is 4.68. The van der Waals surface area contributed by atoms with Gasteiger partial charge in [-0.25, -0.2) is 0 Å². The van der Waals surface area contributed by atoms with Gasteiger partial charge in [0.25, 0.3) is 0 Å². The molecule has 2 rings (SSSR count). The summed E-state index contributed by atoms with van der Waals surface area (Å²) in [5, 5.41) is 0.182. The highest BCUT2D eigenvalue weighted by Crippen LogP contribution is 2.36. The molecular weight excluding hydrogens is 292 g/mol. The van der Waals surface area contributed by atoms with E-state index in [0.29, 0.717) is 25.3 Å². The minimum atomic E-state index is -1.78. The average Bonchev–Trinajstić information content (AvgIpc) is 2.40. The number of carbonyl (C=O) groups excluding carboxylic acids is 1. The van der Waals surface area contributed by atoms with Crippen LogP contribution >= 0.6 is 0 Å². The zero-order valence-electron chi connectivity index (χ0n) is 14.4. The van der Waals surface area contributed by atoms with Crippen molar-refractivity contribution in [3.63, 3.8) is 0 Å². The number of hydrogen-bond donors (Lipinski definition) is 1. The molecule has 0 aromatic heterocycles. The van der Waals surface area contributed by atoms with Crippen molar-refractivity contribution in [2.24, 2.45) is 0 Å². The average molecular weight is 321 g/mol. The van der Waals surface area contributed by atoms with E-state index in [-0.39, 0.29) is 10.9 Å². The predicted octanol–water partition coefficient (Wildman–Crippen LogP) is 3.57. The molecule has 0 bridgehead atoms. The summed E-state index contributed by atoms with van der Waals surface area (Å²) in [6, 6.07) is 5.83. The summed E-state index contributed by atoms with van der Waals surface area (Å²) in [6.45, 7) is 12.3. The fraction of sp³-hybridized carbons (Fsp3) is 0.588. The summed E-state index contributed by atoms with van der Waals surface area (Å²) < 4.78 is 6.20. The number of anilines is 2. The van der Waals surface area contributed by atoms with Crippen LogP contribution in [0.1, 0.15) is 32.8 Å². The Hall–Kier alpha value is -1.33. The predicted molar refractivity (Wildman–Crippen MR) is 94.7 cm³/mol. The first kappa shape index (κ1) is 17.0. The lowest BCUT2D eigenvalue weighted by Gasteiger charge is -2.37. The van der Waals surface area contributed by atoms with Crippen molar-refractivity contribution in [1.29, 1.82) is 0 Å². The normalized spacial score (nSPS) is 15.9. The molecule has 5 heteroatoms. The van der Waals surface area contributed by atoms with Crippen LogP contribution in [-0.2, 0) is 15.6 Å². The maximum Gasteiger partial charge on any atom is 0.227 e. The number of nitrogen functional groups attached to an aromatic ring is 1. The number of hydrogen-bond acceptors (Lipinski definition) is 3. The zero-order chi connectivity index (χ0) is 16.5. The second kappa shape index (κ2) is 6.05. The van der Waals surface area contributed by atoms with Gasteiger partial charge >= 0.3 is 0 Å². The first-order valence-corrected chi connectivity index (χ1v) is 10.9. The summed E-state index contributed by atoms with van der Waals surface area (Å²) in [4.78, 5) is 14.1. The van der Waals surface area contributed by atoms with Gasteiger partial charge in [-0.15, -0.1) is 0 Å². The summed E-state index contributed by atoms with van der Waals surface area (Å²) in [7, 11) is -1.78. The van der Waals surface area contributed by atoms with E-state index in [1.54, 1.807) is 0 Å². The van der Waals surface area contributed by atoms with Gasteiger partial charge in [-0.1, -0.05) is 26.8 Å². The molecule has 22 heavy (non-hydrogen) atoms.